The third kappa shape index (κ3) is 3.84. The molecule has 144 valence electrons. The van der Waals surface area contributed by atoms with Crippen LogP contribution in [0.4, 0.5) is 0 Å². The molecular formula is C21H19NO6. The maximum atomic E-state index is 11.5. The van der Waals surface area contributed by atoms with Crippen molar-refractivity contribution in [1.82, 2.24) is 5.16 Å². The second kappa shape index (κ2) is 7.74. The first kappa shape index (κ1) is 18.1. The van der Waals surface area contributed by atoms with Gasteiger partial charge in [-0.1, -0.05) is 35.5 Å². The van der Waals surface area contributed by atoms with E-state index >= 15 is 0 Å². The van der Waals surface area contributed by atoms with Crippen LogP contribution in [0, 0.1) is 0 Å². The van der Waals surface area contributed by atoms with Gasteiger partial charge in [-0.2, -0.15) is 0 Å². The van der Waals surface area contributed by atoms with Crippen LogP contribution in [0.1, 0.15) is 18.6 Å². The fraction of sp³-hybridized carbons (Fsp3) is 0.238. The fourth-order valence-corrected chi connectivity index (χ4v) is 2.98. The SMILES string of the molecule is O=C(O)C1(Oc2ccc(OCc3cc(-c4ccccc4)no3)cc2)CCCO1. The van der Waals surface area contributed by atoms with Crippen LogP contribution in [0.2, 0.25) is 0 Å². The predicted molar refractivity (Wildman–Crippen MR) is 98.9 cm³/mol. The topological polar surface area (TPSA) is 91.0 Å². The van der Waals surface area contributed by atoms with Crippen LogP contribution in [0.5, 0.6) is 11.5 Å². The maximum Gasteiger partial charge on any atom is 0.377 e. The molecule has 0 bridgehead atoms. The smallest absolute Gasteiger partial charge is 0.377 e. The Morgan fingerprint density at radius 3 is 2.54 bits per heavy atom. The minimum absolute atomic E-state index is 0.224. The van der Waals surface area contributed by atoms with Crippen LogP contribution >= 0.6 is 0 Å². The molecule has 7 nitrogen and oxygen atoms in total. The molecule has 1 atom stereocenters. The average molecular weight is 381 g/mol. The molecule has 1 fully saturated rings. The monoisotopic (exact) mass is 381 g/mol. The summed E-state index contributed by atoms with van der Waals surface area (Å²) in [5.41, 5.74) is 1.72. The number of hydrogen-bond donors (Lipinski definition) is 1. The molecular weight excluding hydrogens is 362 g/mol. The van der Waals surface area contributed by atoms with E-state index in [1.807, 2.05) is 36.4 Å². The third-order valence-electron chi connectivity index (χ3n) is 4.43. The minimum atomic E-state index is -1.60. The highest BCUT2D eigenvalue weighted by atomic mass is 16.7. The lowest BCUT2D eigenvalue weighted by Crippen LogP contribution is -2.43. The molecule has 0 saturated carbocycles. The lowest BCUT2D eigenvalue weighted by Gasteiger charge is -2.24. The second-order valence-electron chi connectivity index (χ2n) is 6.42. The van der Waals surface area contributed by atoms with E-state index in [4.69, 9.17) is 18.7 Å². The molecule has 2 heterocycles. The van der Waals surface area contributed by atoms with Gasteiger partial charge in [-0.25, -0.2) is 4.79 Å². The first-order valence-corrected chi connectivity index (χ1v) is 8.95. The summed E-state index contributed by atoms with van der Waals surface area (Å²) >= 11 is 0. The van der Waals surface area contributed by atoms with Crippen LogP contribution in [-0.2, 0) is 16.1 Å². The molecule has 3 aromatic rings. The Morgan fingerprint density at radius 1 is 1.11 bits per heavy atom. The molecule has 0 aliphatic carbocycles. The zero-order valence-corrected chi connectivity index (χ0v) is 15.0. The standard InChI is InChI=1S/C21H19NO6/c23-20(24)21(11-4-12-26-21)27-17-9-7-16(8-10-17)25-14-18-13-19(22-28-18)15-5-2-1-3-6-15/h1-3,5-10,13H,4,11-12,14H2,(H,23,24). The number of aromatic nitrogens is 1. The molecule has 0 radical (unpaired) electrons. The molecule has 0 spiro atoms. The minimum Gasteiger partial charge on any atom is -0.486 e. The van der Waals surface area contributed by atoms with E-state index in [1.165, 1.54) is 0 Å². The van der Waals surface area contributed by atoms with Crippen molar-refractivity contribution in [2.45, 2.75) is 25.2 Å². The summed E-state index contributed by atoms with van der Waals surface area (Å²) in [7, 11) is 0. The lowest BCUT2D eigenvalue weighted by molar-refractivity contribution is -0.197. The van der Waals surface area contributed by atoms with Gasteiger partial charge in [0.15, 0.2) is 5.76 Å². The van der Waals surface area contributed by atoms with Crippen molar-refractivity contribution >= 4 is 5.97 Å². The Kier molecular flexibility index (Phi) is 4.99. The molecule has 7 heteroatoms. The summed E-state index contributed by atoms with van der Waals surface area (Å²) in [4.78, 5) is 11.5. The van der Waals surface area contributed by atoms with E-state index in [0.717, 1.165) is 11.3 Å². The number of rotatable bonds is 7. The van der Waals surface area contributed by atoms with E-state index in [9.17, 15) is 9.90 Å². The van der Waals surface area contributed by atoms with Crippen LogP contribution in [-0.4, -0.2) is 28.6 Å². The molecule has 2 aromatic carbocycles. The first-order valence-electron chi connectivity index (χ1n) is 8.95. The van der Waals surface area contributed by atoms with Gasteiger partial charge in [0.1, 0.15) is 23.8 Å². The number of carboxylic acids is 1. The number of nitrogens with zero attached hydrogens (tertiary/aromatic N) is 1. The van der Waals surface area contributed by atoms with Crippen molar-refractivity contribution in [2.24, 2.45) is 0 Å². The van der Waals surface area contributed by atoms with Gasteiger partial charge in [-0.3, -0.25) is 0 Å². The Bertz CT molecular complexity index is 929. The summed E-state index contributed by atoms with van der Waals surface area (Å²) < 4.78 is 21.9. The van der Waals surface area contributed by atoms with Gasteiger partial charge in [0.2, 0.25) is 0 Å². The van der Waals surface area contributed by atoms with Crippen LogP contribution in [0.3, 0.4) is 0 Å². The molecule has 1 aliphatic heterocycles. The summed E-state index contributed by atoms with van der Waals surface area (Å²) in [5, 5.41) is 13.4. The van der Waals surface area contributed by atoms with Crippen molar-refractivity contribution in [1.29, 1.82) is 0 Å². The van der Waals surface area contributed by atoms with Gasteiger partial charge in [-0.05, 0) is 30.7 Å². The Balaban J connectivity index is 1.36. The molecule has 28 heavy (non-hydrogen) atoms. The zero-order chi connectivity index (χ0) is 19.4. The molecule has 1 aliphatic rings. The van der Waals surface area contributed by atoms with Crippen molar-refractivity contribution in [3.8, 4) is 22.8 Å². The Labute approximate surface area is 161 Å². The van der Waals surface area contributed by atoms with Gasteiger partial charge < -0.3 is 23.8 Å². The van der Waals surface area contributed by atoms with Crippen molar-refractivity contribution in [3.05, 3.63) is 66.4 Å². The number of benzene rings is 2. The summed E-state index contributed by atoms with van der Waals surface area (Å²) in [6, 6.07) is 18.3. The summed E-state index contributed by atoms with van der Waals surface area (Å²) in [6.07, 6.45) is 0.964. The van der Waals surface area contributed by atoms with Crippen LogP contribution in [0.25, 0.3) is 11.3 Å². The van der Waals surface area contributed by atoms with Crippen LogP contribution in [0.15, 0.2) is 65.2 Å². The lowest BCUT2D eigenvalue weighted by atomic mass is 10.1. The number of carbonyl (C=O) groups is 1. The number of ether oxygens (including phenoxy) is 3. The second-order valence-corrected chi connectivity index (χ2v) is 6.42. The van der Waals surface area contributed by atoms with E-state index in [0.29, 0.717) is 36.7 Å². The largest absolute Gasteiger partial charge is 0.486 e. The average Bonchev–Trinajstić information content (AvgIpc) is 3.39. The fourth-order valence-electron chi connectivity index (χ4n) is 2.98. The number of aliphatic carboxylic acids is 1. The van der Waals surface area contributed by atoms with E-state index in [2.05, 4.69) is 5.16 Å². The normalized spacial score (nSPS) is 18.7. The molecule has 0 amide bonds. The van der Waals surface area contributed by atoms with E-state index in [1.54, 1.807) is 24.3 Å². The highest BCUT2D eigenvalue weighted by Crippen LogP contribution is 2.30. The number of carboxylic acid groups (broad SMARTS) is 1. The molecule has 1 unspecified atom stereocenters. The maximum absolute atomic E-state index is 11.5. The molecule has 1 N–H and O–H groups in total. The zero-order valence-electron chi connectivity index (χ0n) is 15.0. The van der Waals surface area contributed by atoms with Gasteiger partial charge in [0, 0.05) is 18.1 Å². The molecule has 4 rings (SSSR count). The van der Waals surface area contributed by atoms with Crippen molar-refractivity contribution < 1.29 is 28.6 Å². The van der Waals surface area contributed by atoms with Gasteiger partial charge >= 0.3 is 11.8 Å². The highest BCUT2D eigenvalue weighted by molar-refractivity contribution is 5.76. The quantitative estimate of drug-likeness (QED) is 0.664. The summed E-state index contributed by atoms with van der Waals surface area (Å²) in [5.74, 6) is -1.12. The Morgan fingerprint density at radius 2 is 1.86 bits per heavy atom. The molecule has 1 saturated heterocycles. The van der Waals surface area contributed by atoms with Gasteiger partial charge in [-0.15, -0.1) is 0 Å². The third-order valence-corrected chi connectivity index (χ3v) is 4.43. The van der Waals surface area contributed by atoms with Crippen molar-refractivity contribution in [2.75, 3.05) is 6.61 Å². The van der Waals surface area contributed by atoms with Gasteiger partial charge in [0.25, 0.3) is 0 Å². The first-order chi connectivity index (χ1) is 13.6. The summed E-state index contributed by atoms with van der Waals surface area (Å²) in [6.45, 7) is 0.595. The van der Waals surface area contributed by atoms with E-state index < -0.39 is 11.8 Å². The Hall–Kier alpha value is -3.32. The highest BCUT2D eigenvalue weighted by Gasteiger charge is 2.45. The molecule has 1 aromatic heterocycles. The van der Waals surface area contributed by atoms with Crippen molar-refractivity contribution in [3.63, 3.8) is 0 Å². The van der Waals surface area contributed by atoms with Crippen LogP contribution < -0.4 is 9.47 Å². The van der Waals surface area contributed by atoms with E-state index in [-0.39, 0.29) is 6.61 Å². The predicted octanol–water partition coefficient (Wildman–Crippen LogP) is 3.89. The number of hydrogen-bond acceptors (Lipinski definition) is 6. The van der Waals surface area contributed by atoms with Gasteiger partial charge in [0.05, 0.1) is 6.61 Å².